The highest BCUT2D eigenvalue weighted by molar-refractivity contribution is 9.10. The van der Waals surface area contributed by atoms with Crippen LogP contribution in [0.5, 0.6) is 11.5 Å². The van der Waals surface area contributed by atoms with Crippen LogP contribution in [-0.4, -0.2) is 27.1 Å². The van der Waals surface area contributed by atoms with E-state index in [-0.39, 0.29) is 5.78 Å². The largest absolute Gasteiger partial charge is 0.493 e. The maximum Gasteiger partial charge on any atom is 0.166 e. The Kier molecular flexibility index (Phi) is 6.31. The Bertz CT molecular complexity index is 445. The van der Waals surface area contributed by atoms with E-state index in [1.165, 1.54) is 7.11 Å². The van der Waals surface area contributed by atoms with E-state index >= 15 is 0 Å². The number of hydrogen-bond acceptors (Lipinski definition) is 4. The van der Waals surface area contributed by atoms with E-state index in [0.717, 1.165) is 16.5 Å². The Labute approximate surface area is 122 Å². The minimum Gasteiger partial charge on any atom is -0.493 e. The molecule has 0 spiro atoms. The Morgan fingerprint density at radius 1 is 1.21 bits per heavy atom. The lowest BCUT2D eigenvalue weighted by atomic mass is 10.0. The fraction of sp³-hybridized carbons (Fsp3) is 0.500. The van der Waals surface area contributed by atoms with Crippen molar-refractivity contribution >= 4 is 21.7 Å². The zero-order valence-corrected chi connectivity index (χ0v) is 13.2. The van der Waals surface area contributed by atoms with Gasteiger partial charge in [-0.25, -0.2) is 0 Å². The molecule has 0 bridgehead atoms. The third kappa shape index (κ3) is 3.70. The number of carbonyl (C=O) groups excluding carboxylic acids is 1. The van der Waals surface area contributed by atoms with E-state index in [9.17, 15) is 4.79 Å². The number of halogens is 1. The van der Waals surface area contributed by atoms with Crippen LogP contribution in [-0.2, 0) is 9.53 Å². The topological polar surface area (TPSA) is 44.8 Å². The van der Waals surface area contributed by atoms with Gasteiger partial charge < -0.3 is 14.2 Å². The number of carbonyl (C=O) groups is 1. The fourth-order valence-corrected chi connectivity index (χ4v) is 2.41. The quantitative estimate of drug-likeness (QED) is 0.767. The Morgan fingerprint density at radius 2 is 1.79 bits per heavy atom. The van der Waals surface area contributed by atoms with E-state index < -0.39 is 6.10 Å². The van der Waals surface area contributed by atoms with Gasteiger partial charge in [0, 0.05) is 23.6 Å². The summed E-state index contributed by atoms with van der Waals surface area (Å²) in [6, 6.07) is 3.55. The molecule has 1 atom stereocenters. The van der Waals surface area contributed by atoms with Gasteiger partial charge in [-0.15, -0.1) is 0 Å². The van der Waals surface area contributed by atoms with E-state index in [1.54, 1.807) is 26.4 Å². The highest BCUT2D eigenvalue weighted by Gasteiger charge is 2.23. The van der Waals surface area contributed by atoms with Crippen LogP contribution < -0.4 is 9.47 Å². The van der Waals surface area contributed by atoms with Crippen molar-refractivity contribution in [2.75, 3.05) is 21.3 Å². The summed E-state index contributed by atoms with van der Waals surface area (Å²) in [6.45, 7) is 1.97. The zero-order chi connectivity index (χ0) is 14.4. The monoisotopic (exact) mass is 330 g/mol. The molecule has 0 aliphatic carbocycles. The Morgan fingerprint density at radius 3 is 2.26 bits per heavy atom. The van der Waals surface area contributed by atoms with Crippen LogP contribution >= 0.6 is 15.9 Å². The molecule has 4 nitrogen and oxygen atoms in total. The lowest BCUT2D eigenvalue weighted by molar-refractivity contribution is -0.129. The summed E-state index contributed by atoms with van der Waals surface area (Å²) in [5.74, 6) is 1.24. The molecular formula is C14H19BrO4. The molecule has 0 aromatic heterocycles. The van der Waals surface area contributed by atoms with Crippen molar-refractivity contribution in [3.63, 3.8) is 0 Å². The van der Waals surface area contributed by atoms with Gasteiger partial charge in [0.1, 0.15) is 6.10 Å². The molecule has 0 aliphatic heterocycles. The summed E-state index contributed by atoms with van der Waals surface area (Å²) in [6.07, 6.45) is 0.692. The molecule has 19 heavy (non-hydrogen) atoms. The minimum atomic E-state index is -0.589. The van der Waals surface area contributed by atoms with Crippen molar-refractivity contribution < 1.29 is 19.0 Å². The van der Waals surface area contributed by atoms with E-state index in [0.29, 0.717) is 17.9 Å². The zero-order valence-electron chi connectivity index (χ0n) is 11.7. The van der Waals surface area contributed by atoms with E-state index in [4.69, 9.17) is 14.2 Å². The molecule has 0 heterocycles. The molecule has 5 heteroatoms. The molecule has 0 aliphatic rings. The van der Waals surface area contributed by atoms with Gasteiger partial charge in [-0.05, 0) is 18.6 Å². The molecule has 106 valence electrons. The normalized spacial score (nSPS) is 12.1. The highest BCUT2D eigenvalue weighted by Crippen LogP contribution is 2.37. The summed E-state index contributed by atoms with van der Waals surface area (Å²) in [5.41, 5.74) is 0.749. The Hall–Kier alpha value is -1.07. The number of ketones is 1. The predicted molar refractivity (Wildman–Crippen MR) is 76.9 cm³/mol. The molecule has 1 aromatic carbocycles. The van der Waals surface area contributed by atoms with Gasteiger partial charge in [0.2, 0.25) is 0 Å². The van der Waals surface area contributed by atoms with Crippen LogP contribution in [0.25, 0.3) is 0 Å². The average Bonchev–Trinajstić information content (AvgIpc) is 2.41. The average molecular weight is 331 g/mol. The van der Waals surface area contributed by atoms with Gasteiger partial charge in [0.15, 0.2) is 17.3 Å². The number of Topliss-reactive ketones (excluding diaryl/α,β-unsaturated/α-hetero) is 1. The third-order valence-corrected chi connectivity index (χ3v) is 3.50. The van der Waals surface area contributed by atoms with Gasteiger partial charge >= 0.3 is 0 Å². The Balaban J connectivity index is 3.20. The first-order chi connectivity index (χ1) is 9.08. The second-order valence-electron chi connectivity index (χ2n) is 4.06. The lowest BCUT2D eigenvalue weighted by Crippen LogP contribution is -2.15. The minimum absolute atomic E-state index is 0.0536. The molecule has 1 aromatic rings. The van der Waals surface area contributed by atoms with Crippen LogP contribution in [0.2, 0.25) is 0 Å². The van der Waals surface area contributed by atoms with E-state index in [1.807, 2.05) is 6.92 Å². The van der Waals surface area contributed by atoms with E-state index in [2.05, 4.69) is 15.9 Å². The third-order valence-electron chi connectivity index (χ3n) is 2.81. The number of ether oxygens (including phenoxy) is 3. The van der Waals surface area contributed by atoms with Crippen molar-refractivity contribution in [2.24, 2.45) is 0 Å². The number of rotatable bonds is 7. The standard InChI is InChI=1S/C14H19BrO4/c1-5-6-11(16)14(19-4)9-7-12(17-2)13(18-3)8-10(9)15/h7-8,14H,5-6H2,1-4H3. The van der Waals surface area contributed by atoms with Gasteiger partial charge in [0.25, 0.3) is 0 Å². The molecule has 0 saturated carbocycles. The number of benzene rings is 1. The summed E-state index contributed by atoms with van der Waals surface area (Å²) in [7, 11) is 4.66. The summed E-state index contributed by atoms with van der Waals surface area (Å²) >= 11 is 3.44. The first-order valence-electron chi connectivity index (χ1n) is 6.05. The van der Waals surface area contributed by atoms with Crippen molar-refractivity contribution in [3.05, 3.63) is 22.2 Å². The van der Waals surface area contributed by atoms with Gasteiger partial charge in [-0.2, -0.15) is 0 Å². The summed E-state index contributed by atoms with van der Waals surface area (Å²) in [5, 5.41) is 0. The molecule has 0 N–H and O–H groups in total. The maximum atomic E-state index is 12.1. The molecule has 0 radical (unpaired) electrons. The molecule has 1 unspecified atom stereocenters. The molecule has 0 amide bonds. The van der Waals surface area contributed by atoms with Gasteiger partial charge in [0.05, 0.1) is 14.2 Å². The molecule has 0 fully saturated rings. The van der Waals surface area contributed by atoms with Gasteiger partial charge in [-0.3, -0.25) is 4.79 Å². The molecular weight excluding hydrogens is 312 g/mol. The van der Waals surface area contributed by atoms with Crippen LogP contribution in [0.1, 0.15) is 31.4 Å². The van der Waals surface area contributed by atoms with Crippen LogP contribution in [0.3, 0.4) is 0 Å². The first kappa shape index (κ1) is 16.0. The number of hydrogen-bond donors (Lipinski definition) is 0. The molecule has 1 rings (SSSR count). The summed E-state index contributed by atoms with van der Waals surface area (Å²) in [4.78, 5) is 12.1. The second kappa shape index (κ2) is 7.50. The van der Waals surface area contributed by atoms with Crippen molar-refractivity contribution in [2.45, 2.75) is 25.9 Å². The fourth-order valence-electron chi connectivity index (χ4n) is 1.88. The second-order valence-corrected chi connectivity index (χ2v) is 4.92. The summed E-state index contributed by atoms with van der Waals surface area (Å²) < 4.78 is 16.6. The number of methoxy groups -OCH3 is 3. The SMILES string of the molecule is CCCC(=O)C(OC)c1cc(OC)c(OC)cc1Br. The smallest absolute Gasteiger partial charge is 0.166 e. The lowest BCUT2D eigenvalue weighted by Gasteiger charge is -2.18. The first-order valence-corrected chi connectivity index (χ1v) is 6.85. The van der Waals surface area contributed by atoms with Crippen LogP contribution in [0.15, 0.2) is 16.6 Å². The highest BCUT2D eigenvalue weighted by atomic mass is 79.9. The predicted octanol–water partition coefficient (Wildman–Crippen LogP) is 3.52. The van der Waals surface area contributed by atoms with Crippen LogP contribution in [0.4, 0.5) is 0 Å². The van der Waals surface area contributed by atoms with Crippen molar-refractivity contribution in [1.29, 1.82) is 0 Å². The van der Waals surface area contributed by atoms with Crippen LogP contribution in [0, 0.1) is 0 Å². The van der Waals surface area contributed by atoms with Crippen molar-refractivity contribution in [1.82, 2.24) is 0 Å². The maximum absolute atomic E-state index is 12.1. The molecule has 0 saturated heterocycles. The van der Waals surface area contributed by atoms with Gasteiger partial charge in [-0.1, -0.05) is 22.9 Å². The van der Waals surface area contributed by atoms with Crippen molar-refractivity contribution in [3.8, 4) is 11.5 Å².